The van der Waals surface area contributed by atoms with Crippen molar-refractivity contribution in [2.24, 2.45) is 0 Å². The third kappa shape index (κ3) is 4.39. The minimum atomic E-state index is -4.53. The van der Waals surface area contributed by atoms with Gasteiger partial charge in [0.2, 0.25) is 0 Å². The Balaban J connectivity index is 1.84. The van der Waals surface area contributed by atoms with Crippen molar-refractivity contribution in [1.29, 1.82) is 0 Å². The Morgan fingerprint density at radius 3 is 2.50 bits per heavy atom. The fourth-order valence-electron chi connectivity index (χ4n) is 3.05. The summed E-state index contributed by atoms with van der Waals surface area (Å²) in [5, 5.41) is 15.9. The van der Waals surface area contributed by atoms with Gasteiger partial charge in [-0.3, -0.25) is 14.9 Å². The number of hydrogen-bond donors (Lipinski definition) is 2. The number of nitrogens with one attached hydrogen (secondary N) is 1. The maximum atomic E-state index is 12.8. The quantitative estimate of drug-likeness (QED) is 0.614. The van der Waals surface area contributed by atoms with E-state index in [0.717, 1.165) is 31.3 Å². The lowest BCUT2D eigenvalue weighted by atomic mass is 10.1. The molecule has 3 N–H and O–H groups in total. The average molecular weight is 395 g/mol. The van der Waals surface area contributed by atoms with E-state index in [1.807, 2.05) is 4.90 Å². The number of rotatable bonds is 4. The normalized spacial score (nSPS) is 14.6. The predicted octanol–water partition coefficient (Wildman–Crippen LogP) is 2.25. The van der Waals surface area contributed by atoms with Gasteiger partial charge in [0.1, 0.15) is 5.69 Å². The van der Waals surface area contributed by atoms with E-state index in [0.29, 0.717) is 18.8 Å². The van der Waals surface area contributed by atoms with Crippen LogP contribution < -0.4 is 15.5 Å². The highest BCUT2D eigenvalue weighted by atomic mass is 19.4. The van der Waals surface area contributed by atoms with E-state index in [-0.39, 0.29) is 16.9 Å². The fourth-order valence-corrected chi connectivity index (χ4v) is 3.05. The van der Waals surface area contributed by atoms with Crippen molar-refractivity contribution in [3.05, 3.63) is 63.7 Å². The van der Waals surface area contributed by atoms with Gasteiger partial charge >= 0.3 is 6.18 Å². The summed E-state index contributed by atoms with van der Waals surface area (Å²) in [6.45, 7) is 2.93. The number of carbonyl (C=O) groups excluding carboxylic acids is 1. The van der Waals surface area contributed by atoms with Crippen molar-refractivity contribution in [1.82, 2.24) is 0 Å². The van der Waals surface area contributed by atoms with Crippen LogP contribution in [0.5, 0.6) is 0 Å². The van der Waals surface area contributed by atoms with E-state index in [1.165, 1.54) is 24.3 Å². The molecule has 2 aromatic carbocycles. The van der Waals surface area contributed by atoms with Crippen molar-refractivity contribution < 1.29 is 28.2 Å². The van der Waals surface area contributed by atoms with Crippen LogP contribution in [-0.2, 0) is 6.18 Å². The van der Waals surface area contributed by atoms with Gasteiger partial charge in [0.15, 0.2) is 0 Å². The van der Waals surface area contributed by atoms with Crippen molar-refractivity contribution >= 4 is 23.0 Å². The van der Waals surface area contributed by atoms with Gasteiger partial charge in [-0.1, -0.05) is 6.07 Å². The average Bonchev–Trinajstić information content (AvgIpc) is 2.67. The lowest BCUT2D eigenvalue weighted by Crippen LogP contribution is -2.89. The number of nitro groups is 1. The van der Waals surface area contributed by atoms with Crippen LogP contribution in [0.2, 0.25) is 0 Å². The molecule has 0 atom stereocenters. The van der Waals surface area contributed by atoms with Gasteiger partial charge in [-0.15, -0.1) is 0 Å². The van der Waals surface area contributed by atoms with Gasteiger partial charge in [0.25, 0.3) is 11.6 Å². The molecule has 0 aliphatic carbocycles. The Morgan fingerprint density at radius 2 is 1.86 bits per heavy atom. The molecular formula is C18H18F3N4O3+. The molecule has 1 saturated heterocycles. The summed E-state index contributed by atoms with van der Waals surface area (Å²) in [6.07, 6.45) is -4.53. The minimum absolute atomic E-state index is 0.00330. The first kappa shape index (κ1) is 19.6. The first-order valence-electron chi connectivity index (χ1n) is 8.59. The number of amides is 1. The maximum absolute atomic E-state index is 12.8. The van der Waals surface area contributed by atoms with Crippen molar-refractivity contribution in [2.45, 2.75) is 6.18 Å². The van der Waals surface area contributed by atoms with Crippen LogP contribution in [0, 0.1) is 10.1 Å². The van der Waals surface area contributed by atoms with Gasteiger partial charge < -0.3 is 15.5 Å². The second-order valence-electron chi connectivity index (χ2n) is 6.35. The molecule has 7 nitrogen and oxygen atoms in total. The number of nitrogens with zero attached hydrogens (tertiary/aromatic N) is 2. The number of halogens is 3. The summed E-state index contributed by atoms with van der Waals surface area (Å²) in [5.74, 6) is -0.721. The van der Waals surface area contributed by atoms with Gasteiger partial charge in [-0.05, 0) is 30.3 Å². The number of carbonyl (C=O) groups is 1. The number of benzene rings is 2. The van der Waals surface area contributed by atoms with E-state index in [1.54, 1.807) is 0 Å². The topological polar surface area (TPSA) is 92.1 Å². The third-order valence-electron chi connectivity index (χ3n) is 4.43. The van der Waals surface area contributed by atoms with Crippen molar-refractivity contribution in [3.63, 3.8) is 0 Å². The highest BCUT2D eigenvalue weighted by Gasteiger charge is 2.30. The largest absolute Gasteiger partial charge is 0.416 e. The molecule has 28 heavy (non-hydrogen) atoms. The first-order chi connectivity index (χ1) is 13.3. The summed E-state index contributed by atoms with van der Waals surface area (Å²) in [6, 6.07) is 8.29. The van der Waals surface area contributed by atoms with E-state index >= 15 is 0 Å². The predicted molar refractivity (Wildman–Crippen MR) is 96.4 cm³/mol. The Kier molecular flexibility index (Phi) is 5.50. The zero-order chi connectivity index (χ0) is 20.3. The van der Waals surface area contributed by atoms with E-state index < -0.39 is 22.6 Å². The van der Waals surface area contributed by atoms with Crippen LogP contribution in [-0.4, -0.2) is 37.0 Å². The lowest BCUT2D eigenvalue weighted by Gasteiger charge is -2.27. The van der Waals surface area contributed by atoms with Gasteiger partial charge in [0.05, 0.1) is 36.7 Å². The van der Waals surface area contributed by atoms with E-state index in [2.05, 4.69) is 10.6 Å². The molecule has 1 aliphatic heterocycles. The maximum Gasteiger partial charge on any atom is 0.416 e. The van der Waals surface area contributed by atoms with Crippen LogP contribution in [0.1, 0.15) is 15.9 Å². The number of nitro benzene ring substituents is 1. The van der Waals surface area contributed by atoms with Gasteiger partial charge in [0, 0.05) is 17.3 Å². The van der Waals surface area contributed by atoms with Gasteiger partial charge in [-0.2, -0.15) is 13.2 Å². The summed E-state index contributed by atoms with van der Waals surface area (Å²) >= 11 is 0. The molecule has 1 heterocycles. The summed E-state index contributed by atoms with van der Waals surface area (Å²) in [4.78, 5) is 25.2. The molecule has 0 bridgehead atoms. The molecule has 1 fully saturated rings. The molecule has 0 spiro atoms. The third-order valence-corrected chi connectivity index (χ3v) is 4.43. The number of alkyl halides is 3. The standard InChI is InChI=1S/C18H17F3N4O3/c19-18(20,21)13-2-1-3-14(11-13)23-17(26)12-4-5-15(16(10-12)25(27)28)24-8-6-22-7-9-24/h1-5,10-11,22H,6-9H2,(H,23,26)/p+1. The number of hydrogen-bond acceptors (Lipinski definition) is 4. The molecule has 148 valence electrons. The Labute approximate surface area is 158 Å². The summed E-state index contributed by atoms with van der Waals surface area (Å²) in [7, 11) is 0. The molecule has 1 aliphatic rings. The van der Waals surface area contributed by atoms with Crippen LogP contribution in [0.4, 0.5) is 30.2 Å². The van der Waals surface area contributed by atoms with Crippen LogP contribution >= 0.6 is 0 Å². The van der Waals surface area contributed by atoms with Crippen LogP contribution in [0.15, 0.2) is 42.5 Å². The van der Waals surface area contributed by atoms with Crippen molar-refractivity contribution in [3.8, 4) is 0 Å². The molecule has 0 radical (unpaired) electrons. The highest BCUT2D eigenvalue weighted by Crippen LogP contribution is 2.32. The first-order valence-corrected chi connectivity index (χ1v) is 8.59. The molecule has 3 rings (SSSR count). The molecule has 0 aromatic heterocycles. The van der Waals surface area contributed by atoms with Crippen LogP contribution in [0.25, 0.3) is 0 Å². The Morgan fingerprint density at radius 1 is 1.14 bits per heavy atom. The molecule has 10 heteroatoms. The summed E-state index contributed by atoms with van der Waals surface area (Å²) in [5.41, 5.74) is -0.726. The monoisotopic (exact) mass is 395 g/mol. The van der Waals surface area contributed by atoms with E-state index in [9.17, 15) is 28.1 Å². The molecule has 0 unspecified atom stereocenters. The number of nitrogens with two attached hydrogens (primary N) is 1. The SMILES string of the molecule is O=C(Nc1cccc(C(F)(F)F)c1)c1ccc(N2CC[NH2+]CC2)c([N+](=O)[O-])c1. The zero-order valence-corrected chi connectivity index (χ0v) is 14.7. The molecule has 1 amide bonds. The van der Waals surface area contributed by atoms with Gasteiger partial charge in [-0.25, -0.2) is 0 Å². The second kappa shape index (κ2) is 7.85. The number of anilines is 2. The second-order valence-corrected chi connectivity index (χ2v) is 6.35. The highest BCUT2D eigenvalue weighted by molar-refractivity contribution is 6.05. The molecule has 2 aromatic rings. The number of piperazine rings is 1. The Hall–Kier alpha value is -3.14. The lowest BCUT2D eigenvalue weighted by molar-refractivity contribution is -0.655. The Bertz CT molecular complexity index is 896. The smallest absolute Gasteiger partial charge is 0.355 e. The van der Waals surface area contributed by atoms with Crippen LogP contribution in [0.3, 0.4) is 0 Å². The number of quaternary nitrogens is 1. The zero-order valence-electron chi connectivity index (χ0n) is 14.7. The van der Waals surface area contributed by atoms with Crippen molar-refractivity contribution in [2.75, 3.05) is 36.4 Å². The fraction of sp³-hybridized carbons (Fsp3) is 0.278. The molecule has 0 saturated carbocycles. The minimum Gasteiger partial charge on any atom is -0.355 e. The molecular weight excluding hydrogens is 377 g/mol. The van der Waals surface area contributed by atoms with E-state index in [4.69, 9.17) is 0 Å². The summed E-state index contributed by atoms with van der Waals surface area (Å²) < 4.78 is 38.4.